The molecule has 1 saturated heterocycles. The lowest BCUT2D eigenvalue weighted by atomic mass is 9.89. The van der Waals surface area contributed by atoms with Gasteiger partial charge in [-0.25, -0.2) is 0 Å². The van der Waals surface area contributed by atoms with Crippen LogP contribution in [0.15, 0.2) is 12.5 Å². The fourth-order valence-electron chi connectivity index (χ4n) is 0.797. The lowest BCUT2D eigenvalue weighted by Crippen LogP contribution is -2.32. The summed E-state index contributed by atoms with van der Waals surface area (Å²) < 4.78 is 10.3. The Balaban J connectivity index is 2.46. The largest absolute Gasteiger partial charge is 0.465 e. The lowest BCUT2D eigenvalue weighted by Gasteiger charge is -2.33. The average molecular weight is 142 g/mol. The fourth-order valence-corrected chi connectivity index (χ4v) is 0.797. The Morgan fingerprint density at radius 2 is 2.00 bits per heavy atom. The average Bonchev–Trinajstić information content (AvgIpc) is 1.96. The van der Waals surface area contributed by atoms with Gasteiger partial charge in [0.25, 0.3) is 5.95 Å². The van der Waals surface area contributed by atoms with Crippen molar-refractivity contribution in [2.75, 3.05) is 13.2 Å². The molecule has 2 heteroatoms. The van der Waals surface area contributed by atoms with E-state index in [9.17, 15) is 0 Å². The van der Waals surface area contributed by atoms with E-state index in [0.29, 0.717) is 5.95 Å². The molecule has 1 heterocycles. The summed E-state index contributed by atoms with van der Waals surface area (Å²) >= 11 is 0. The number of rotatable bonds is 1. The first-order chi connectivity index (χ1) is 4.66. The molecule has 0 atom stereocenters. The van der Waals surface area contributed by atoms with Crippen LogP contribution in [0.3, 0.4) is 0 Å². The second-order valence-corrected chi connectivity index (χ2v) is 3.11. The molecule has 0 bridgehead atoms. The van der Waals surface area contributed by atoms with Gasteiger partial charge < -0.3 is 9.47 Å². The monoisotopic (exact) mass is 142 g/mol. The first kappa shape index (κ1) is 7.45. The molecule has 0 N–H and O–H groups in total. The van der Waals surface area contributed by atoms with E-state index in [2.05, 4.69) is 20.4 Å². The molecule has 1 fully saturated rings. The Kier molecular flexibility index (Phi) is 1.88. The molecular weight excluding hydrogens is 128 g/mol. The Hall–Kier alpha value is -0.660. The van der Waals surface area contributed by atoms with Crippen LogP contribution in [-0.4, -0.2) is 13.2 Å². The standard InChI is InChI=1S/C8H14O2/c1-4-8(3)5-9-7(2)10-6-8/h2,4-6H2,1,3H3. The van der Waals surface area contributed by atoms with Crippen molar-refractivity contribution >= 4 is 0 Å². The van der Waals surface area contributed by atoms with E-state index < -0.39 is 0 Å². The first-order valence-electron chi connectivity index (χ1n) is 3.61. The fraction of sp³-hybridized carbons (Fsp3) is 0.750. The number of ether oxygens (including phenoxy) is 2. The minimum atomic E-state index is 0.196. The highest BCUT2D eigenvalue weighted by Gasteiger charge is 2.28. The van der Waals surface area contributed by atoms with Crippen LogP contribution in [0, 0.1) is 5.41 Å². The maximum absolute atomic E-state index is 5.17. The van der Waals surface area contributed by atoms with Gasteiger partial charge in [0.15, 0.2) is 0 Å². The van der Waals surface area contributed by atoms with Gasteiger partial charge in [-0.1, -0.05) is 13.8 Å². The van der Waals surface area contributed by atoms with Gasteiger partial charge in [0.05, 0.1) is 0 Å². The summed E-state index contributed by atoms with van der Waals surface area (Å²) in [5, 5.41) is 0. The van der Waals surface area contributed by atoms with Gasteiger partial charge >= 0.3 is 0 Å². The Morgan fingerprint density at radius 3 is 2.40 bits per heavy atom. The quantitative estimate of drug-likeness (QED) is 0.557. The summed E-state index contributed by atoms with van der Waals surface area (Å²) in [6, 6.07) is 0. The van der Waals surface area contributed by atoms with Crippen molar-refractivity contribution in [2.45, 2.75) is 20.3 Å². The topological polar surface area (TPSA) is 18.5 Å². The highest BCUT2D eigenvalue weighted by Crippen LogP contribution is 2.27. The molecule has 1 rings (SSSR count). The molecular formula is C8H14O2. The van der Waals surface area contributed by atoms with E-state index in [0.717, 1.165) is 19.6 Å². The first-order valence-corrected chi connectivity index (χ1v) is 3.61. The zero-order valence-electron chi connectivity index (χ0n) is 6.64. The van der Waals surface area contributed by atoms with Gasteiger partial charge in [0.2, 0.25) is 0 Å². The van der Waals surface area contributed by atoms with Crippen molar-refractivity contribution in [3.63, 3.8) is 0 Å². The summed E-state index contributed by atoms with van der Waals surface area (Å²) in [6.45, 7) is 9.34. The maximum atomic E-state index is 5.17. The molecule has 0 aliphatic carbocycles. The van der Waals surface area contributed by atoms with Crippen LogP contribution in [0.2, 0.25) is 0 Å². The molecule has 0 aromatic rings. The SMILES string of the molecule is C=C1OCC(C)(CC)CO1. The summed E-state index contributed by atoms with van der Waals surface area (Å²) in [5.41, 5.74) is 0.196. The van der Waals surface area contributed by atoms with E-state index in [4.69, 9.17) is 9.47 Å². The van der Waals surface area contributed by atoms with Crippen LogP contribution in [0.25, 0.3) is 0 Å². The third kappa shape index (κ3) is 1.43. The number of hydrogen-bond acceptors (Lipinski definition) is 2. The number of hydrogen-bond donors (Lipinski definition) is 0. The summed E-state index contributed by atoms with van der Waals surface area (Å²) in [5.74, 6) is 0.464. The van der Waals surface area contributed by atoms with E-state index >= 15 is 0 Å². The van der Waals surface area contributed by atoms with E-state index in [1.807, 2.05) is 0 Å². The van der Waals surface area contributed by atoms with Gasteiger partial charge in [-0.2, -0.15) is 0 Å². The van der Waals surface area contributed by atoms with E-state index in [-0.39, 0.29) is 5.41 Å². The van der Waals surface area contributed by atoms with Crippen LogP contribution in [-0.2, 0) is 9.47 Å². The predicted molar refractivity (Wildman–Crippen MR) is 39.4 cm³/mol. The highest BCUT2D eigenvalue weighted by atomic mass is 16.7. The Bertz CT molecular complexity index is 130. The Morgan fingerprint density at radius 1 is 1.50 bits per heavy atom. The zero-order chi connectivity index (χ0) is 7.61. The van der Waals surface area contributed by atoms with Crippen molar-refractivity contribution in [1.29, 1.82) is 0 Å². The molecule has 10 heavy (non-hydrogen) atoms. The van der Waals surface area contributed by atoms with Gasteiger partial charge in [0, 0.05) is 5.41 Å². The lowest BCUT2D eigenvalue weighted by molar-refractivity contribution is -0.0923. The van der Waals surface area contributed by atoms with Gasteiger partial charge in [-0.3, -0.25) is 0 Å². The van der Waals surface area contributed by atoms with Crippen molar-refractivity contribution < 1.29 is 9.47 Å². The second-order valence-electron chi connectivity index (χ2n) is 3.11. The molecule has 0 spiro atoms. The third-order valence-electron chi connectivity index (χ3n) is 2.02. The molecule has 0 amide bonds. The van der Waals surface area contributed by atoms with Crippen molar-refractivity contribution in [2.24, 2.45) is 5.41 Å². The minimum Gasteiger partial charge on any atom is -0.465 e. The second kappa shape index (κ2) is 2.52. The molecule has 0 radical (unpaired) electrons. The summed E-state index contributed by atoms with van der Waals surface area (Å²) in [7, 11) is 0. The van der Waals surface area contributed by atoms with Crippen LogP contribution in [0.1, 0.15) is 20.3 Å². The molecule has 1 aliphatic rings. The maximum Gasteiger partial charge on any atom is 0.271 e. The molecule has 0 aromatic carbocycles. The molecule has 1 aliphatic heterocycles. The predicted octanol–water partition coefficient (Wildman–Crippen LogP) is 1.92. The van der Waals surface area contributed by atoms with Crippen LogP contribution < -0.4 is 0 Å². The van der Waals surface area contributed by atoms with Gasteiger partial charge in [-0.15, -0.1) is 0 Å². The van der Waals surface area contributed by atoms with Gasteiger partial charge in [-0.05, 0) is 13.0 Å². The Labute approximate surface area is 61.8 Å². The molecule has 0 aromatic heterocycles. The van der Waals surface area contributed by atoms with Crippen LogP contribution >= 0.6 is 0 Å². The molecule has 0 saturated carbocycles. The minimum absolute atomic E-state index is 0.196. The normalized spacial score (nSPS) is 23.2. The summed E-state index contributed by atoms with van der Waals surface area (Å²) in [4.78, 5) is 0. The van der Waals surface area contributed by atoms with E-state index in [1.54, 1.807) is 0 Å². The summed E-state index contributed by atoms with van der Waals surface area (Å²) in [6.07, 6.45) is 1.08. The van der Waals surface area contributed by atoms with Crippen LogP contribution in [0.4, 0.5) is 0 Å². The highest BCUT2D eigenvalue weighted by molar-refractivity contribution is 4.82. The van der Waals surface area contributed by atoms with Crippen molar-refractivity contribution in [1.82, 2.24) is 0 Å². The van der Waals surface area contributed by atoms with Gasteiger partial charge in [0.1, 0.15) is 13.2 Å². The van der Waals surface area contributed by atoms with Crippen LogP contribution in [0.5, 0.6) is 0 Å². The molecule has 0 unspecified atom stereocenters. The molecule has 58 valence electrons. The zero-order valence-corrected chi connectivity index (χ0v) is 6.64. The van der Waals surface area contributed by atoms with E-state index in [1.165, 1.54) is 0 Å². The molecule has 2 nitrogen and oxygen atoms in total. The smallest absolute Gasteiger partial charge is 0.271 e. The van der Waals surface area contributed by atoms with Crippen molar-refractivity contribution in [3.05, 3.63) is 12.5 Å². The van der Waals surface area contributed by atoms with Crippen molar-refractivity contribution in [3.8, 4) is 0 Å². The third-order valence-corrected chi connectivity index (χ3v) is 2.02.